The van der Waals surface area contributed by atoms with Crippen LogP contribution in [0.25, 0.3) is 0 Å². The Morgan fingerprint density at radius 3 is 2.73 bits per heavy atom. The molecular weight excluding hydrogens is 412 g/mol. The largest absolute Gasteiger partial charge is 0.383 e. The predicted molar refractivity (Wildman–Crippen MR) is 112 cm³/mol. The van der Waals surface area contributed by atoms with E-state index in [0.717, 1.165) is 17.7 Å². The molecule has 30 heavy (non-hydrogen) atoms. The Morgan fingerprint density at radius 2 is 2.00 bits per heavy atom. The normalized spacial score (nSPS) is 19.2. The number of rotatable bonds is 9. The van der Waals surface area contributed by atoms with Crippen molar-refractivity contribution in [3.8, 4) is 0 Å². The number of hydrogen-bond acceptors (Lipinski definition) is 4. The summed E-state index contributed by atoms with van der Waals surface area (Å²) in [7, 11) is 1.58. The molecule has 1 fully saturated rings. The molecule has 0 saturated carbocycles. The van der Waals surface area contributed by atoms with E-state index in [0.29, 0.717) is 37.7 Å². The second-order valence-corrected chi connectivity index (χ2v) is 7.84. The molecule has 2 aromatic carbocycles. The highest BCUT2D eigenvalue weighted by atomic mass is 35.5. The molecule has 2 N–H and O–H groups in total. The minimum absolute atomic E-state index is 0.0295. The highest BCUT2D eigenvalue weighted by Gasteiger charge is 2.36. The number of amides is 1. The van der Waals surface area contributed by atoms with E-state index in [1.807, 2.05) is 24.3 Å². The summed E-state index contributed by atoms with van der Waals surface area (Å²) in [5.74, 6) is -0.990. The summed E-state index contributed by atoms with van der Waals surface area (Å²) in [5.41, 5.74) is 1.32. The zero-order chi connectivity index (χ0) is 21.5. The molecule has 0 spiro atoms. The number of halogens is 3. The summed E-state index contributed by atoms with van der Waals surface area (Å²) in [6, 6.07) is 10.6. The highest BCUT2D eigenvalue weighted by Crippen LogP contribution is 2.22. The van der Waals surface area contributed by atoms with Gasteiger partial charge in [0.1, 0.15) is 11.6 Å². The second kappa shape index (κ2) is 10.8. The van der Waals surface area contributed by atoms with Crippen LogP contribution in [-0.4, -0.2) is 49.7 Å². The molecule has 1 aliphatic heterocycles. The minimum atomic E-state index is -0.473. The summed E-state index contributed by atoms with van der Waals surface area (Å²) in [4.78, 5) is 14.8. The number of benzene rings is 2. The molecule has 1 saturated heterocycles. The number of nitrogens with zero attached hydrogens (tertiary/aromatic N) is 1. The number of nitrogens with one attached hydrogen (secondary N) is 2. The van der Waals surface area contributed by atoms with Crippen molar-refractivity contribution >= 4 is 17.5 Å². The summed E-state index contributed by atoms with van der Waals surface area (Å²) in [6.45, 7) is 2.28. The predicted octanol–water partition coefficient (Wildman–Crippen LogP) is 3.11. The lowest BCUT2D eigenvalue weighted by Gasteiger charge is -2.23. The fourth-order valence-corrected chi connectivity index (χ4v) is 3.78. The van der Waals surface area contributed by atoms with Crippen molar-refractivity contribution in [2.75, 3.05) is 26.8 Å². The van der Waals surface area contributed by atoms with Crippen LogP contribution >= 0.6 is 11.6 Å². The Kier molecular flexibility index (Phi) is 8.16. The number of hydrogen-bond donors (Lipinski definition) is 2. The number of likely N-dealkylation sites (tertiary alicyclic amines) is 1. The zero-order valence-corrected chi connectivity index (χ0v) is 17.6. The van der Waals surface area contributed by atoms with Crippen molar-refractivity contribution in [1.29, 1.82) is 0 Å². The molecule has 2 atom stereocenters. The molecule has 0 aliphatic carbocycles. The van der Waals surface area contributed by atoms with Gasteiger partial charge in [-0.25, -0.2) is 8.78 Å². The Labute approximate surface area is 180 Å². The maximum atomic E-state index is 13.9. The summed E-state index contributed by atoms with van der Waals surface area (Å²) in [6.07, 6.45) is 0.573. The Bertz CT molecular complexity index is 851. The molecule has 2 aromatic rings. The third kappa shape index (κ3) is 6.22. The molecule has 0 bridgehead atoms. The van der Waals surface area contributed by atoms with Gasteiger partial charge in [-0.2, -0.15) is 0 Å². The zero-order valence-electron chi connectivity index (χ0n) is 16.8. The van der Waals surface area contributed by atoms with Crippen LogP contribution in [0, 0.1) is 11.6 Å². The fourth-order valence-electron chi connectivity index (χ4n) is 3.65. The first-order chi connectivity index (χ1) is 14.5. The molecule has 5 nitrogen and oxygen atoms in total. The average Bonchev–Trinajstić information content (AvgIpc) is 3.13. The Hall–Kier alpha value is -2.06. The second-order valence-electron chi connectivity index (χ2n) is 7.40. The molecule has 3 rings (SSSR count). The molecule has 0 aromatic heterocycles. The van der Waals surface area contributed by atoms with Gasteiger partial charge in [0.25, 0.3) is 0 Å². The van der Waals surface area contributed by atoms with Crippen molar-refractivity contribution in [1.82, 2.24) is 15.5 Å². The van der Waals surface area contributed by atoms with Crippen LogP contribution < -0.4 is 10.6 Å². The maximum absolute atomic E-state index is 13.9. The van der Waals surface area contributed by atoms with E-state index in [1.54, 1.807) is 7.11 Å². The summed E-state index contributed by atoms with van der Waals surface area (Å²) >= 11 is 5.97. The van der Waals surface area contributed by atoms with Crippen LogP contribution in [0.2, 0.25) is 5.02 Å². The monoisotopic (exact) mass is 437 g/mol. The third-order valence-electron chi connectivity index (χ3n) is 5.20. The fraction of sp³-hybridized carbons (Fsp3) is 0.409. The van der Waals surface area contributed by atoms with E-state index in [2.05, 4.69) is 15.5 Å². The Morgan fingerprint density at radius 1 is 1.23 bits per heavy atom. The van der Waals surface area contributed by atoms with Crippen LogP contribution in [0.5, 0.6) is 0 Å². The van der Waals surface area contributed by atoms with Crippen molar-refractivity contribution in [3.05, 3.63) is 70.2 Å². The molecular formula is C22H26ClF2N3O2. The third-order valence-corrected chi connectivity index (χ3v) is 5.45. The SMILES string of the molecule is COCCNC(=O)C1CC(NCc2cc(F)ccc2F)CN1Cc1ccc(Cl)cc1. The van der Waals surface area contributed by atoms with Crippen molar-refractivity contribution in [3.63, 3.8) is 0 Å². The smallest absolute Gasteiger partial charge is 0.237 e. The first kappa shape index (κ1) is 22.6. The molecule has 1 aliphatic rings. The van der Waals surface area contributed by atoms with Gasteiger partial charge in [0.15, 0.2) is 0 Å². The van der Waals surface area contributed by atoms with Crippen LogP contribution in [0.4, 0.5) is 8.78 Å². The van der Waals surface area contributed by atoms with Crippen molar-refractivity contribution < 1.29 is 18.3 Å². The van der Waals surface area contributed by atoms with Crippen molar-refractivity contribution in [2.45, 2.75) is 31.6 Å². The van der Waals surface area contributed by atoms with Gasteiger partial charge >= 0.3 is 0 Å². The van der Waals surface area contributed by atoms with E-state index >= 15 is 0 Å². The topological polar surface area (TPSA) is 53.6 Å². The molecule has 162 valence electrons. The lowest BCUT2D eigenvalue weighted by atomic mass is 10.1. The standard InChI is InChI=1S/C22H26ClF2N3O2/c1-30-9-8-26-22(29)21-11-19(27-12-16-10-18(24)6-7-20(16)25)14-28(21)13-15-2-4-17(23)5-3-15/h2-7,10,19,21,27H,8-9,11-14H2,1H3,(H,26,29). The minimum Gasteiger partial charge on any atom is -0.383 e. The van der Waals surface area contributed by atoms with Gasteiger partial charge in [0.05, 0.1) is 12.6 Å². The molecule has 1 amide bonds. The molecule has 1 heterocycles. The molecule has 2 unspecified atom stereocenters. The van der Waals surface area contributed by atoms with Gasteiger partial charge in [-0.1, -0.05) is 23.7 Å². The van der Waals surface area contributed by atoms with E-state index in [9.17, 15) is 13.6 Å². The van der Waals surface area contributed by atoms with Gasteiger partial charge in [0.2, 0.25) is 5.91 Å². The van der Waals surface area contributed by atoms with Gasteiger partial charge in [-0.05, 0) is 42.3 Å². The van der Waals surface area contributed by atoms with E-state index in [4.69, 9.17) is 16.3 Å². The molecule has 0 radical (unpaired) electrons. The summed E-state index contributed by atoms with van der Waals surface area (Å²) < 4.78 is 32.3. The van der Waals surface area contributed by atoms with E-state index < -0.39 is 11.6 Å². The lowest BCUT2D eigenvalue weighted by Crippen LogP contribution is -2.43. The summed E-state index contributed by atoms with van der Waals surface area (Å²) in [5, 5.41) is 6.82. The van der Waals surface area contributed by atoms with Gasteiger partial charge in [-0.3, -0.25) is 9.69 Å². The number of carbonyl (C=O) groups excluding carboxylic acids is 1. The maximum Gasteiger partial charge on any atom is 0.237 e. The van der Waals surface area contributed by atoms with Crippen LogP contribution in [0.1, 0.15) is 17.5 Å². The van der Waals surface area contributed by atoms with Gasteiger partial charge in [-0.15, -0.1) is 0 Å². The number of carbonyl (C=O) groups is 1. The molecule has 8 heteroatoms. The number of methoxy groups -OCH3 is 1. The first-order valence-electron chi connectivity index (χ1n) is 9.88. The van der Waals surface area contributed by atoms with Crippen LogP contribution in [0.15, 0.2) is 42.5 Å². The van der Waals surface area contributed by atoms with Crippen molar-refractivity contribution in [2.24, 2.45) is 0 Å². The lowest BCUT2D eigenvalue weighted by molar-refractivity contribution is -0.125. The van der Waals surface area contributed by atoms with Crippen LogP contribution in [-0.2, 0) is 22.6 Å². The number of ether oxygens (including phenoxy) is 1. The highest BCUT2D eigenvalue weighted by molar-refractivity contribution is 6.30. The van der Waals surface area contributed by atoms with E-state index in [1.165, 1.54) is 6.07 Å². The quantitative estimate of drug-likeness (QED) is 0.592. The van der Waals surface area contributed by atoms with Gasteiger partial charge < -0.3 is 15.4 Å². The van der Waals surface area contributed by atoms with E-state index in [-0.39, 0.29) is 30.1 Å². The average molecular weight is 438 g/mol. The van der Waals surface area contributed by atoms with Crippen LogP contribution in [0.3, 0.4) is 0 Å². The first-order valence-corrected chi connectivity index (χ1v) is 10.3. The van der Waals surface area contributed by atoms with Gasteiger partial charge in [0, 0.05) is 49.9 Å². The Balaban J connectivity index is 1.66.